The van der Waals surface area contributed by atoms with Crippen molar-refractivity contribution in [2.75, 3.05) is 12.3 Å². The molecule has 15 heavy (non-hydrogen) atoms. The van der Waals surface area contributed by atoms with Gasteiger partial charge in [0, 0.05) is 12.1 Å². The standard InChI is InChI=1S/C11H14N2O2/c1-11(6-7-15-10(14)13-11)8-2-4-9(12)5-3-8/h2-5H,6-7,12H2,1H3,(H,13,14). The molecule has 1 amide bonds. The Kier molecular flexibility index (Phi) is 2.26. The van der Waals surface area contributed by atoms with E-state index in [1.807, 2.05) is 31.2 Å². The second kappa shape index (κ2) is 3.46. The van der Waals surface area contributed by atoms with E-state index in [4.69, 9.17) is 10.5 Å². The van der Waals surface area contributed by atoms with E-state index in [-0.39, 0.29) is 11.6 Å². The van der Waals surface area contributed by atoms with Crippen LogP contribution < -0.4 is 11.1 Å². The zero-order valence-electron chi connectivity index (χ0n) is 8.62. The topological polar surface area (TPSA) is 64.3 Å². The van der Waals surface area contributed by atoms with Crippen LogP contribution in [-0.4, -0.2) is 12.7 Å². The summed E-state index contributed by atoms with van der Waals surface area (Å²) in [6.45, 7) is 2.44. The van der Waals surface area contributed by atoms with E-state index < -0.39 is 0 Å². The van der Waals surface area contributed by atoms with Crippen LogP contribution in [0.2, 0.25) is 0 Å². The Morgan fingerprint density at radius 1 is 1.40 bits per heavy atom. The molecular formula is C11H14N2O2. The largest absolute Gasteiger partial charge is 0.449 e. The van der Waals surface area contributed by atoms with Gasteiger partial charge in [0.2, 0.25) is 0 Å². The SMILES string of the molecule is CC1(c2ccc(N)cc2)CCOC(=O)N1. The first kappa shape index (κ1) is 9.83. The molecule has 4 heteroatoms. The molecule has 1 saturated heterocycles. The van der Waals surface area contributed by atoms with Crippen molar-refractivity contribution in [3.63, 3.8) is 0 Å². The summed E-state index contributed by atoms with van der Waals surface area (Å²) in [6, 6.07) is 7.53. The van der Waals surface area contributed by atoms with Crippen molar-refractivity contribution < 1.29 is 9.53 Å². The minimum absolute atomic E-state index is 0.344. The number of hydrogen-bond acceptors (Lipinski definition) is 3. The quantitative estimate of drug-likeness (QED) is 0.686. The predicted octanol–water partition coefficient (Wildman–Crippen LogP) is 1.61. The molecule has 1 fully saturated rings. The van der Waals surface area contributed by atoms with E-state index >= 15 is 0 Å². The highest BCUT2D eigenvalue weighted by atomic mass is 16.6. The van der Waals surface area contributed by atoms with E-state index in [0.717, 1.165) is 17.7 Å². The first-order chi connectivity index (χ1) is 7.10. The molecule has 1 heterocycles. The van der Waals surface area contributed by atoms with Gasteiger partial charge in [0.15, 0.2) is 0 Å². The molecule has 80 valence electrons. The van der Waals surface area contributed by atoms with Crippen LogP contribution in [0.25, 0.3) is 0 Å². The second-order valence-corrected chi connectivity index (χ2v) is 3.97. The maximum Gasteiger partial charge on any atom is 0.407 e. The third-order valence-electron chi connectivity index (χ3n) is 2.76. The highest BCUT2D eigenvalue weighted by Gasteiger charge is 2.32. The Balaban J connectivity index is 2.28. The van der Waals surface area contributed by atoms with Crippen molar-refractivity contribution >= 4 is 11.8 Å². The van der Waals surface area contributed by atoms with Gasteiger partial charge in [-0.05, 0) is 24.6 Å². The number of nitrogens with two attached hydrogens (primary N) is 1. The molecule has 1 unspecified atom stereocenters. The molecule has 3 N–H and O–H groups in total. The highest BCUT2D eigenvalue weighted by Crippen LogP contribution is 2.27. The fourth-order valence-electron chi connectivity index (χ4n) is 1.74. The third-order valence-corrected chi connectivity index (χ3v) is 2.76. The van der Waals surface area contributed by atoms with Gasteiger partial charge in [-0.15, -0.1) is 0 Å². The summed E-state index contributed by atoms with van der Waals surface area (Å²) in [4.78, 5) is 11.2. The van der Waals surface area contributed by atoms with Crippen LogP contribution in [0.5, 0.6) is 0 Å². The molecule has 1 aromatic rings. The minimum atomic E-state index is -0.361. The van der Waals surface area contributed by atoms with Gasteiger partial charge < -0.3 is 15.8 Å². The number of amides is 1. The van der Waals surface area contributed by atoms with Crippen molar-refractivity contribution in [2.24, 2.45) is 0 Å². The number of carbonyl (C=O) groups is 1. The van der Waals surface area contributed by atoms with Gasteiger partial charge in [-0.3, -0.25) is 0 Å². The number of benzene rings is 1. The van der Waals surface area contributed by atoms with Gasteiger partial charge >= 0.3 is 6.09 Å². The smallest absolute Gasteiger partial charge is 0.407 e. The van der Waals surface area contributed by atoms with E-state index in [0.29, 0.717) is 6.61 Å². The number of ether oxygens (including phenoxy) is 1. The van der Waals surface area contributed by atoms with Gasteiger partial charge in [-0.2, -0.15) is 0 Å². The van der Waals surface area contributed by atoms with Gasteiger partial charge in [0.1, 0.15) is 0 Å². The van der Waals surface area contributed by atoms with Crippen LogP contribution in [0.15, 0.2) is 24.3 Å². The molecule has 0 spiro atoms. The van der Waals surface area contributed by atoms with Gasteiger partial charge in [0.05, 0.1) is 12.1 Å². The van der Waals surface area contributed by atoms with E-state index in [1.165, 1.54) is 0 Å². The summed E-state index contributed by atoms with van der Waals surface area (Å²) < 4.78 is 4.84. The summed E-state index contributed by atoms with van der Waals surface area (Å²) in [5, 5.41) is 2.83. The van der Waals surface area contributed by atoms with Gasteiger partial charge in [-0.25, -0.2) is 4.79 Å². The monoisotopic (exact) mass is 206 g/mol. The average molecular weight is 206 g/mol. The molecule has 0 bridgehead atoms. The summed E-state index contributed by atoms with van der Waals surface area (Å²) in [6.07, 6.45) is 0.406. The zero-order chi connectivity index (χ0) is 10.9. The number of alkyl carbamates (subject to hydrolysis) is 1. The Morgan fingerprint density at radius 2 is 2.07 bits per heavy atom. The van der Waals surface area contributed by atoms with Crippen molar-refractivity contribution in [2.45, 2.75) is 18.9 Å². The van der Waals surface area contributed by atoms with E-state index in [1.54, 1.807) is 0 Å². The number of anilines is 1. The summed E-state index contributed by atoms with van der Waals surface area (Å²) in [5.74, 6) is 0. The van der Waals surface area contributed by atoms with Crippen molar-refractivity contribution in [3.05, 3.63) is 29.8 Å². The molecule has 2 rings (SSSR count). The molecule has 1 atom stereocenters. The normalized spacial score (nSPS) is 25.5. The summed E-state index contributed by atoms with van der Waals surface area (Å²) >= 11 is 0. The van der Waals surface area contributed by atoms with Crippen LogP contribution in [0.1, 0.15) is 18.9 Å². The number of rotatable bonds is 1. The van der Waals surface area contributed by atoms with E-state index in [9.17, 15) is 4.79 Å². The van der Waals surface area contributed by atoms with Crippen LogP contribution >= 0.6 is 0 Å². The molecule has 1 aromatic carbocycles. The lowest BCUT2D eigenvalue weighted by molar-refractivity contribution is 0.0916. The molecule has 0 aliphatic carbocycles. The number of hydrogen-bond donors (Lipinski definition) is 2. The lowest BCUT2D eigenvalue weighted by atomic mass is 9.88. The molecule has 4 nitrogen and oxygen atoms in total. The molecule has 0 saturated carbocycles. The van der Waals surface area contributed by atoms with Crippen molar-refractivity contribution in [1.29, 1.82) is 0 Å². The molecular weight excluding hydrogens is 192 g/mol. The average Bonchev–Trinajstić information content (AvgIpc) is 2.18. The molecule has 1 aliphatic heterocycles. The third kappa shape index (κ3) is 1.88. The Morgan fingerprint density at radius 3 is 2.67 bits per heavy atom. The van der Waals surface area contributed by atoms with Gasteiger partial charge in [-0.1, -0.05) is 12.1 Å². The second-order valence-electron chi connectivity index (χ2n) is 3.97. The lowest BCUT2D eigenvalue weighted by Crippen LogP contribution is -2.48. The molecule has 0 aromatic heterocycles. The summed E-state index contributed by atoms with van der Waals surface area (Å²) in [7, 11) is 0. The lowest BCUT2D eigenvalue weighted by Gasteiger charge is -2.34. The maximum absolute atomic E-state index is 11.2. The van der Waals surface area contributed by atoms with Crippen LogP contribution in [-0.2, 0) is 10.3 Å². The fourth-order valence-corrected chi connectivity index (χ4v) is 1.74. The van der Waals surface area contributed by atoms with Crippen molar-refractivity contribution in [3.8, 4) is 0 Å². The molecule has 0 radical (unpaired) electrons. The maximum atomic E-state index is 11.2. The Labute approximate surface area is 88.4 Å². The first-order valence-electron chi connectivity index (χ1n) is 4.91. The highest BCUT2D eigenvalue weighted by molar-refractivity contribution is 5.69. The van der Waals surface area contributed by atoms with Crippen molar-refractivity contribution in [1.82, 2.24) is 5.32 Å². The van der Waals surface area contributed by atoms with Crippen LogP contribution in [0, 0.1) is 0 Å². The van der Waals surface area contributed by atoms with Gasteiger partial charge in [0.25, 0.3) is 0 Å². The van der Waals surface area contributed by atoms with E-state index in [2.05, 4.69) is 5.32 Å². The molecule has 1 aliphatic rings. The minimum Gasteiger partial charge on any atom is -0.449 e. The number of nitrogen functional groups attached to an aromatic ring is 1. The number of cyclic esters (lactones) is 1. The fraction of sp³-hybridized carbons (Fsp3) is 0.364. The number of carbonyl (C=O) groups excluding carboxylic acids is 1. The Bertz CT molecular complexity index is 375. The summed E-state index contributed by atoms with van der Waals surface area (Å²) in [5.41, 5.74) is 7.04. The predicted molar refractivity (Wildman–Crippen MR) is 57.3 cm³/mol. The zero-order valence-corrected chi connectivity index (χ0v) is 8.62. The number of nitrogens with one attached hydrogen (secondary N) is 1. The van der Waals surface area contributed by atoms with Crippen LogP contribution in [0.4, 0.5) is 10.5 Å². The first-order valence-corrected chi connectivity index (χ1v) is 4.91. The Hall–Kier alpha value is -1.71. The van der Waals surface area contributed by atoms with Crippen LogP contribution in [0.3, 0.4) is 0 Å².